The van der Waals surface area contributed by atoms with E-state index in [1.54, 1.807) is 0 Å². The molecule has 0 aliphatic carbocycles. The second kappa shape index (κ2) is 10.4. The minimum absolute atomic E-state index is 0.814. The van der Waals surface area contributed by atoms with Gasteiger partial charge in [-0.15, -0.1) is 0 Å². The zero-order valence-electron chi connectivity index (χ0n) is 20.7. The summed E-state index contributed by atoms with van der Waals surface area (Å²) in [5.74, 6) is 0. The van der Waals surface area contributed by atoms with Gasteiger partial charge in [0, 0.05) is 14.7 Å². The first-order valence-corrected chi connectivity index (χ1v) is 15.3. The standard InChI is InChI=1S/C32H28O3S2/c1-25-13-19-30(20-14-25)37(35-36(2,33)34,31-21-15-28(16-22-31)26-9-5-3-6-10-26)32-23-17-29(18-24-32)27-11-7-4-8-12-27/h3-24H,1-2H3. The number of hydrogen-bond acceptors (Lipinski definition) is 3. The van der Waals surface area contributed by atoms with E-state index in [0.717, 1.165) is 48.8 Å². The summed E-state index contributed by atoms with van der Waals surface area (Å²) < 4.78 is 31.8. The fourth-order valence-electron chi connectivity index (χ4n) is 4.38. The molecule has 37 heavy (non-hydrogen) atoms. The number of rotatable bonds is 7. The molecule has 0 fully saturated rings. The maximum atomic E-state index is 12.8. The molecule has 0 saturated heterocycles. The second-order valence-corrected chi connectivity index (χ2v) is 13.4. The second-order valence-electron chi connectivity index (χ2n) is 8.92. The highest BCUT2D eigenvalue weighted by atomic mass is 32.3. The monoisotopic (exact) mass is 524 g/mol. The van der Waals surface area contributed by atoms with Crippen LogP contribution in [0.5, 0.6) is 0 Å². The molecule has 0 atom stereocenters. The topological polar surface area (TPSA) is 43.4 Å². The first-order valence-electron chi connectivity index (χ1n) is 12.0. The average Bonchev–Trinajstić information content (AvgIpc) is 2.93. The molecule has 0 unspecified atom stereocenters. The minimum Gasteiger partial charge on any atom is -0.207 e. The zero-order chi connectivity index (χ0) is 25.9. The van der Waals surface area contributed by atoms with Crippen molar-refractivity contribution in [3.63, 3.8) is 0 Å². The number of hydrogen-bond donors (Lipinski definition) is 0. The summed E-state index contributed by atoms with van der Waals surface area (Å²) >= 11 is 0. The van der Waals surface area contributed by atoms with Gasteiger partial charge >= 0.3 is 0 Å². The van der Waals surface area contributed by atoms with E-state index < -0.39 is 20.4 Å². The summed E-state index contributed by atoms with van der Waals surface area (Å²) in [4.78, 5) is 2.45. The van der Waals surface area contributed by atoms with Crippen molar-refractivity contribution in [2.75, 3.05) is 6.26 Å². The van der Waals surface area contributed by atoms with Crippen LogP contribution in [0.2, 0.25) is 0 Å². The summed E-state index contributed by atoms with van der Waals surface area (Å²) in [7, 11) is -6.42. The predicted molar refractivity (Wildman–Crippen MR) is 153 cm³/mol. The lowest BCUT2D eigenvalue weighted by molar-refractivity contribution is 0.515. The Labute approximate surface area is 221 Å². The first-order chi connectivity index (χ1) is 17.8. The van der Waals surface area contributed by atoms with Crippen LogP contribution in [-0.2, 0) is 13.7 Å². The lowest BCUT2D eigenvalue weighted by atomic mass is 10.1. The van der Waals surface area contributed by atoms with Crippen LogP contribution in [0.25, 0.3) is 22.3 Å². The van der Waals surface area contributed by atoms with Crippen LogP contribution in [0, 0.1) is 6.92 Å². The van der Waals surface area contributed by atoms with Crippen molar-refractivity contribution in [2.45, 2.75) is 21.6 Å². The van der Waals surface area contributed by atoms with Gasteiger partial charge in [-0.1, -0.05) is 103 Å². The van der Waals surface area contributed by atoms with Crippen LogP contribution in [0.1, 0.15) is 5.56 Å². The highest BCUT2D eigenvalue weighted by Gasteiger charge is 2.36. The van der Waals surface area contributed by atoms with Gasteiger partial charge in [0.1, 0.15) is 0 Å². The van der Waals surface area contributed by atoms with Gasteiger partial charge in [-0.25, -0.2) is 3.63 Å². The Kier molecular flexibility index (Phi) is 7.02. The lowest BCUT2D eigenvalue weighted by Crippen LogP contribution is -2.13. The van der Waals surface area contributed by atoms with Crippen LogP contribution < -0.4 is 0 Å². The first kappa shape index (κ1) is 25.0. The van der Waals surface area contributed by atoms with Crippen LogP contribution in [-0.4, -0.2) is 14.7 Å². The average molecular weight is 525 g/mol. The van der Waals surface area contributed by atoms with Crippen LogP contribution >= 0.6 is 10.3 Å². The van der Waals surface area contributed by atoms with Crippen LogP contribution in [0.3, 0.4) is 0 Å². The van der Waals surface area contributed by atoms with E-state index in [4.69, 9.17) is 3.63 Å². The molecular formula is C32H28O3S2. The molecule has 0 bridgehead atoms. The van der Waals surface area contributed by atoms with E-state index >= 15 is 0 Å². The molecule has 5 aromatic carbocycles. The van der Waals surface area contributed by atoms with Crippen molar-refractivity contribution < 1.29 is 12.0 Å². The SMILES string of the molecule is Cc1ccc(S(OS(C)(=O)=O)(c2ccc(-c3ccccc3)cc2)c2ccc(-c3ccccc3)cc2)cc1. The third-order valence-corrected chi connectivity index (χ3v) is 10.8. The molecule has 186 valence electrons. The molecule has 0 aliphatic rings. The molecule has 0 radical (unpaired) electrons. The highest BCUT2D eigenvalue weighted by molar-refractivity contribution is 8.33. The van der Waals surface area contributed by atoms with E-state index in [-0.39, 0.29) is 0 Å². The Balaban J connectivity index is 1.71. The largest absolute Gasteiger partial charge is 0.274 e. The van der Waals surface area contributed by atoms with E-state index in [1.807, 2.05) is 116 Å². The number of aryl methyl sites for hydroxylation is 1. The van der Waals surface area contributed by atoms with Crippen molar-refractivity contribution in [3.05, 3.63) is 139 Å². The molecule has 5 heteroatoms. The summed E-state index contributed by atoms with van der Waals surface area (Å²) in [6, 6.07) is 44.3. The minimum atomic E-state index is -3.82. The Bertz CT molecular complexity index is 1490. The van der Waals surface area contributed by atoms with Crippen molar-refractivity contribution in [2.24, 2.45) is 0 Å². The molecule has 5 aromatic rings. The van der Waals surface area contributed by atoms with Gasteiger partial charge in [0.2, 0.25) is 0 Å². The summed E-state index contributed by atoms with van der Waals surface area (Å²) in [6.07, 6.45) is 1.12. The maximum absolute atomic E-state index is 12.8. The van der Waals surface area contributed by atoms with E-state index in [1.165, 1.54) is 0 Å². The Morgan fingerprint density at radius 3 is 1.14 bits per heavy atom. The maximum Gasteiger partial charge on any atom is 0.274 e. The van der Waals surface area contributed by atoms with E-state index in [2.05, 4.69) is 24.3 Å². The molecule has 3 nitrogen and oxygen atoms in total. The quantitative estimate of drug-likeness (QED) is 0.214. The zero-order valence-corrected chi connectivity index (χ0v) is 22.4. The molecule has 0 saturated carbocycles. The molecular weight excluding hydrogens is 496 g/mol. The van der Waals surface area contributed by atoms with E-state index in [9.17, 15) is 8.42 Å². The molecule has 0 amide bonds. The van der Waals surface area contributed by atoms with Gasteiger partial charge < -0.3 is 0 Å². The number of benzene rings is 5. The van der Waals surface area contributed by atoms with Crippen molar-refractivity contribution >= 4 is 20.4 Å². The fourth-order valence-corrected chi connectivity index (χ4v) is 9.18. The molecule has 0 aliphatic heterocycles. The normalized spacial score (nSPS) is 12.3. The Morgan fingerprint density at radius 2 is 0.784 bits per heavy atom. The Morgan fingerprint density at radius 1 is 0.459 bits per heavy atom. The van der Waals surface area contributed by atoms with Crippen molar-refractivity contribution in [1.29, 1.82) is 0 Å². The Hall–Kier alpha value is -3.64. The smallest absolute Gasteiger partial charge is 0.207 e. The van der Waals surface area contributed by atoms with Crippen molar-refractivity contribution in [3.8, 4) is 22.3 Å². The van der Waals surface area contributed by atoms with Gasteiger partial charge in [0.15, 0.2) is 0 Å². The predicted octanol–water partition coefficient (Wildman–Crippen LogP) is 8.50. The van der Waals surface area contributed by atoms with Gasteiger partial charge in [-0.2, -0.15) is 8.42 Å². The molecule has 5 rings (SSSR count). The summed E-state index contributed by atoms with van der Waals surface area (Å²) in [6.45, 7) is 2.02. The summed E-state index contributed by atoms with van der Waals surface area (Å²) in [5, 5.41) is 0. The molecule has 0 spiro atoms. The lowest BCUT2D eigenvalue weighted by Gasteiger charge is -2.39. The van der Waals surface area contributed by atoms with Crippen LogP contribution in [0.4, 0.5) is 0 Å². The van der Waals surface area contributed by atoms with Gasteiger partial charge in [-0.3, -0.25) is 0 Å². The van der Waals surface area contributed by atoms with E-state index in [0.29, 0.717) is 0 Å². The van der Waals surface area contributed by atoms with Gasteiger partial charge in [0.05, 0.1) is 6.26 Å². The molecule has 0 aromatic heterocycles. The van der Waals surface area contributed by atoms with Crippen LogP contribution in [0.15, 0.2) is 148 Å². The fraction of sp³-hybridized carbons (Fsp3) is 0.0625. The summed E-state index contributed by atoms with van der Waals surface area (Å²) in [5.41, 5.74) is 5.40. The third-order valence-electron chi connectivity index (χ3n) is 6.17. The molecule has 0 N–H and O–H groups in total. The highest BCUT2D eigenvalue weighted by Crippen LogP contribution is 2.70. The molecule has 0 heterocycles. The third kappa shape index (κ3) is 5.39. The van der Waals surface area contributed by atoms with Gasteiger partial charge in [0.25, 0.3) is 10.1 Å². The van der Waals surface area contributed by atoms with Crippen molar-refractivity contribution in [1.82, 2.24) is 0 Å². The van der Waals surface area contributed by atoms with Gasteiger partial charge in [-0.05, 0) is 75.9 Å².